The van der Waals surface area contributed by atoms with Gasteiger partial charge in [0.05, 0.1) is 14.2 Å². The minimum Gasteiger partial charge on any atom is -0.497 e. The van der Waals surface area contributed by atoms with Gasteiger partial charge in [-0.05, 0) is 31.2 Å². The van der Waals surface area contributed by atoms with Crippen LogP contribution < -0.4 is 20.5 Å². The van der Waals surface area contributed by atoms with E-state index in [1.165, 1.54) is 36.1 Å². The number of aromatic nitrogens is 4. The maximum Gasteiger partial charge on any atom is 0.367 e. The van der Waals surface area contributed by atoms with Gasteiger partial charge in [-0.2, -0.15) is 9.61 Å². The number of carbonyl (C=O) groups is 1. The minimum absolute atomic E-state index is 0.262. The van der Waals surface area contributed by atoms with E-state index >= 15 is 0 Å². The Morgan fingerprint density at radius 1 is 1.00 bits per heavy atom. The van der Waals surface area contributed by atoms with Gasteiger partial charge in [0.25, 0.3) is 0 Å². The van der Waals surface area contributed by atoms with E-state index in [1.807, 2.05) is 31.2 Å². The highest BCUT2D eigenvalue weighted by molar-refractivity contribution is 7.99. The van der Waals surface area contributed by atoms with Crippen LogP contribution in [0.1, 0.15) is 5.56 Å². The van der Waals surface area contributed by atoms with Gasteiger partial charge in [-0.1, -0.05) is 29.5 Å². The second-order valence-electron chi connectivity index (χ2n) is 6.95. The van der Waals surface area contributed by atoms with Crippen LogP contribution >= 0.6 is 11.8 Å². The first-order chi connectivity index (χ1) is 15.4. The van der Waals surface area contributed by atoms with Crippen molar-refractivity contribution in [3.8, 4) is 11.5 Å². The molecule has 0 aliphatic rings. The van der Waals surface area contributed by atoms with E-state index in [-0.39, 0.29) is 6.54 Å². The number of carbonyl (C=O) groups excluding carboxylic acids is 1. The molecule has 0 unspecified atom stereocenters. The van der Waals surface area contributed by atoms with E-state index in [4.69, 9.17) is 9.47 Å². The predicted molar refractivity (Wildman–Crippen MR) is 121 cm³/mol. The molecular weight excluding hydrogens is 430 g/mol. The van der Waals surface area contributed by atoms with Crippen LogP contribution in [0.5, 0.6) is 11.5 Å². The molecule has 10 heteroatoms. The van der Waals surface area contributed by atoms with Crippen molar-refractivity contribution in [2.45, 2.75) is 23.4 Å². The number of nitrogens with zero attached hydrogens (tertiary/aromatic N) is 4. The number of amides is 1. The van der Waals surface area contributed by atoms with Crippen molar-refractivity contribution in [1.82, 2.24) is 19.4 Å². The van der Waals surface area contributed by atoms with E-state index in [0.29, 0.717) is 27.9 Å². The largest absolute Gasteiger partial charge is 0.497 e. The van der Waals surface area contributed by atoms with Crippen molar-refractivity contribution < 1.29 is 14.3 Å². The molecule has 4 rings (SSSR count). The average Bonchev–Trinajstić information content (AvgIpc) is 3.09. The van der Waals surface area contributed by atoms with Gasteiger partial charge < -0.3 is 14.8 Å². The van der Waals surface area contributed by atoms with Gasteiger partial charge in [0, 0.05) is 28.8 Å². The van der Waals surface area contributed by atoms with Crippen molar-refractivity contribution in [3.63, 3.8) is 0 Å². The number of benzene rings is 2. The molecule has 4 aromatic rings. The number of anilines is 1. The highest BCUT2D eigenvalue weighted by Gasteiger charge is 2.14. The molecular formula is C22H21N5O4S. The van der Waals surface area contributed by atoms with Crippen LogP contribution in [0.15, 0.2) is 69.3 Å². The first-order valence-corrected chi connectivity index (χ1v) is 10.5. The zero-order valence-electron chi connectivity index (χ0n) is 17.7. The number of methoxy groups -OCH3 is 2. The molecule has 0 radical (unpaired) electrons. The smallest absolute Gasteiger partial charge is 0.367 e. The van der Waals surface area contributed by atoms with Crippen LogP contribution in [0.3, 0.4) is 0 Å². The molecule has 0 fully saturated rings. The molecule has 1 N–H and O–H groups in total. The van der Waals surface area contributed by atoms with E-state index < -0.39 is 11.6 Å². The van der Waals surface area contributed by atoms with Crippen molar-refractivity contribution in [1.29, 1.82) is 0 Å². The minimum atomic E-state index is -0.496. The molecule has 9 nitrogen and oxygen atoms in total. The van der Waals surface area contributed by atoms with E-state index in [1.54, 1.807) is 30.3 Å². The number of nitrogens with one attached hydrogen (secondary N) is 1. The summed E-state index contributed by atoms with van der Waals surface area (Å²) in [6, 6.07) is 16.5. The molecule has 0 saturated heterocycles. The Morgan fingerprint density at radius 2 is 1.69 bits per heavy atom. The Hall–Kier alpha value is -3.79. The predicted octanol–water partition coefficient (Wildman–Crippen LogP) is 3.01. The number of ether oxygens (including phenoxy) is 2. The van der Waals surface area contributed by atoms with Gasteiger partial charge in [0.1, 0.15) is 23.1 Å². The van der Waals surface area contributed by atoms with Gasteiger partial charge in [-0.15, -0.1) is 5.10 Å². The summed E-state index contributed by atoms with van der Waals surface area (Å²) in [5.74, 6) is 0.653. The summed E-state index contributed by atoms with van der Waals surface area (Å²) in [4.78, 5) is 26.3. The molecule has 2 aromatic carbocycles. The summed E-state index contributed by atoms with van der Waals surface area (Å²) < 4.78 is 12.7. The van der Waals surface area contributed by atoms with E-state index in [2.05, 4.69) is 15.5 Å². The molecule has 164 valence electrons. The molecule has 32 heavy (non-hydrogen) atoms. The van der Waals surface area contributed by atoms with Crippen molar-refractivity contribution in [3.05, 3.63) is 70.6 Å². The Bertz CT molecular complexity index is 1310. The van der Waals surface area contributed by atoms with Gasteiger partial charge in [-0.25, -0.2) is 9.48 Å². The van der Waals surface area contributed by atoms with Gasteiger partial charge in [-0.3, -0.25) is 4.79 Å². The molecule has 2 aromatic heterocycles. The Morgan fingerprint density at radius 3 is 2.34 bits per heavy atom. The summed E-state index contributed by atoms with van der Waals surface area (Å²) in [6.45, 7) is 1.76. The number of hydrogen-bond acceptors (Lipinski definition) is 7. The number of hydrogen-bond donors (Lipinski definition) is 1. The fourth-order valence-electron chi connectivity index (χ4n) is 2.99. The summed E-state index contributed by atoms with van der Waals surface area (Å²) in [7, 11) is 3.05. The lowest BCUT2D eigenvalue weighted by Gasteiger charge is -2.09. The standard InChI is InChI=1S/C22H21N5O4S/c1-14-4-6-18(7-5-14)32-21-9-8-19-24-26(22(29)27(19)25-21)13-20(28)23-15-10-16(30-2)12-17(11-15)31-3/h4-12H,13H2,1-3H3,(H,23,28). The van der Waals surface area contributed by atoms with Crippen LogP contribution in [0.4, 0.5) is 5.69 Å². The Balaban J connectivity index is 1.52. The fourth-order valence-corrected chi connectivity index (χ4v) is 3.76. The SMILES string of the molecule is COc1cc(NC(=O)Cn2nc3ccc(Sc4ccc(C)cc4)nn3c2=O)cc(OC)c1. The van der Waals surface area contributed by atoms with Crippen molar-refractivity contribution in [2.75, 3.05) is 19.5 Å². The summed E-state index contributed by atoms with van der Waals surface area (Å²) >= 11 is 1.44. The van der Waals surface area contributed by atoms with Gasteiger partial charge in [0.2, 0.25) is 5.91 Å². The lowest BCUT2D eigenvalue weighted by Crippen LogP contribution is -2.28. The summed E-state index contributed by atoms with van der Waals surface area (Å²) in [5, 5.41) is 12.0. The van der Waals surface area contributed by atoms with Crippen molar-refractivity contribution >= 4 is 29.0 Å². The number of aryl methyl sites for hydroxylation is 1. The van der Waals surface area contributed by atoms with Gasteiger partial charge in [0.15, 0.2) is 5.65 Å². The topological polar surface area (TPSA) is 99.7 Å². The van der Waals surface area contributed by atoms with Gasteiger partial charge >= 0.3 is 5.69 Å². The Kier molecular flexibility index (Phi) is 6.13. The monoisotopic (exact) mass is 451 g/mol. The highest BCUT2D eigenvalue weighted by Crippen LogP contribution is 2.26. The molecule has 0 saturated carbocycles. The zero-order chi connectivity index (χ0) is 22.7. The normalized spacial score (nSPS) is 10.8. The Labute approximate surface area is 188 Å². The van der Waals surface area contributed by atoms with E-state index in [9.17, 15) is 9.59 Å². The lowest BCUT2D eigenvalue weighted by molar-refractivity contribution is -0.117. The van der Waals surface area contributed by atoms with Crippen LogP contribution in [0, 0.1) is 6.92 Å². The van der Waals surface area contributed by atoms with Crippen LogP contribution in [-0.2, 0) is 11.3 Å². The van der Waals surface area contributed by atoms with Crippen LogP contribution in [0.2, 0.25) is 0 Å². The third kappa shape index (κ3) is 4.75. The molecule has 0 aliphatic heterocycles. The number of rotatable bonds is 7. The second kappa shape index (κ2) is 9.15. The second-order valence-corrected chi connectivity index (χ2v) is 8.04. The third-order valence-corrected chi connectivity index (χ3v) is 5.52. The maximum atomic E-state index is 12.7. The fraction of sp³-hybridized carbons (Fsp3) is 0.182. The van der Waals surface area contributed by atoms with Crippen LogP contribution in [0.25, 0.3) is 5.65 Å². The zero-order valence-corrected chi connectivity index (χ0v) is 18.5. The highest BCUT2D eigenvalue weighted by atomic mass is 32.2. The molecule has 0 atom stereocenters. The molecule has 0 bridgehead atoms. The molecule has 0 aliphatic carbocycles. The summed E-state index contributed by atoms with van der Waals surface area (Å²) in [5.41, 5.74) is 1.52. The van der Waals surface area contributed by atoms with Crippen molar-refractivity contribution in [2.24, 2.45) is 0 Å². The quantitative estimate of drug-likeness (QED) is 0.461. The summed E-state index contributed by atoms with van der Waals surface area (Å²) in [6.07, 6.45) is 0. The molecule has 2 heterocycles. The lowest BCUT2D eigenvalue weighted by atomic mass is 10.2. The van der Waals surface area contributed by atoms with Crippen LogP contribution in [-0.4, -0.2) is 39.5 Å². The first kappa shape index (κ1) is 21.4. The number of fused-ring (bicyclic) bond motifs is 1. The maximum absolute atomic E-state index is 12.7. The molecule has 0 spiro atoms. The third-order valence-electron chi connectivity index (χ3n) is 4.59. The average molecular weight is 452 g/mol. The molecule has 1 amide bonds. The van der Waals surface area contributed by atoms with E-state index in [0.717, 1.165) is 9.58 Å². The first-order valence-electron chi connectivity index (χ1n) is 9.69.